The highest BCUT2D eigenvalue weighted by atomic mass is 32.2. The summed E-state index contributed by atoms with van der Waals surface area (Å²) < 4.78 is 1.07. The van der Waals surface area contributed by atoms with Crippen LogP contribution in [0.1, 0.15) is 0 Å². The number of hydrogen-bond donors (Lipinski definition) is 2. The predicted molar refractivity (Wildman–Crippen MR) is 59.7 cm³/mol. The van der Waals surface area contributed by atoms with Crippen LogP contribution in [0.3, 0.4) is 0 Å². The minimum atomic E-state index is 0.343. The molecule has 0 aliphatic heterocycles. The number of rotatable bonds is 1. The Balaban J connectivity index is 2.85. The van der Waals surface area contributed by atoms with Crippen LogP contribution in [-0.4, -0.2) is 11.4 Å². The molecule has 0 unspecified atom stereocenters. The molecule has 13 heavy (non-hydrogen) atoms. The summed E-state index contributed by atoms with van der Waals surface area (Å²) in [6.07, 6.45) is 1.99. The Bertz CT molecular complexity index is 450. The van der Waals surface area contributed by atoms with Crippen molar-refractivity contribution in [2.45, 2.75) is 4.90 Å². The molecule has 0 amide bonds. The van der Waals surface area contributed by atoms with Gasteiger partial charge in [-0.25, -0.2) is 0 Å². The fraction of sp³-hybridized carbons (Fsp3) is 0.111. The van der Waals surface area contributed by atoms with Crippen molar-refractivity contribution >= 4 is 38.9 Å². The second-order valence-corrected chi connectivity index (χ2v) is 4.38. The lowest BCUT2D eigenvalue weighted by molar-refractivity contribution is 0.483. The third-order valence-electron chi connectivity index (χ3n) is 1.91. The first-order chi connectivity index (χ1) is 6.24. The van der Waals surface area contributed by atoms with E-state index >= 15 is 0 Å². The molecular formula is C9H9NOS2. The van der Waals surface area contributed by atoms with E-state index in [4.69, 9.17) is 5.73 Å². The first kappa shape index (κ1) is 8.72. The lowest BCUT2D eigenvalue weighted by Crippen LogP contribution is -1.86. The molecule has 1 heterocycles. The number of anilines is 1. The maximum atomic E-state index is 9.48. The highest BCUT2D eigenvalue weighted by Crippen LogP contribution is 2.40. The molecule has 3 N–H and O–H groups in total. The molecule has 4 heteroatoms. The SMILES string of the molecule is CSc1c(N)ccc2c(O)csc12. The summed E-state index contributed by atoms with van der Waals surface area (Å²) in [7, 11) is 0. The van der Waals surface area contributed by atoms with Crippen LogP contribution >= 0.6 is 23.1 Å². The zero-order valence-electron chi connectivity index (χ0n) is 7.07. The van der Waals surface area contributed by atoms with Crippen molar-refractivity contribution in [1.29, 1.82) is 0 Å². The van der Waals surface area contributed by atoms with Crippen LogP contribution in [0.4, 0.5) is 5.69 Å². The fourth-order valence-electron chi connectivity index (χ4n) is 1.29. The van der Waals surface area contributed by atoms with E-state index in [1.807, 2.05) is 18.4 Å². The van der Waals surface area contributed by atoms with Crippen molar-refractivity contribution in [3.63, 3.8) is 0 Å². The first-order valence-corrected chi connectivity index (χ1v) is 5.87. The van der Waals surface area contributed by atoms with E-state index in [1.165, 1.54) is 11.3 Å². The molecule has 0 saturated heterocycles. The minimum absolute atomic E-state index is 0.343. The average Bonchev–Trinajstić information content (AvgIpc) is 2.48. The molecule has 0 spiro atoms. The third-order valence-corrected chi connectivity index (χ3v) is 3.89. The smallest absolute Gasteiger partial charge is 0.134 e. The number of nitrogen functional groups attached to an aromatic ring is 1. The number of aromatic hydroxyl groups is 1. The van der Waals surface area contributed by atoms with Gasteiger partial charge in [0.05, 0.1) is 4.70 Å². The van der Waals surface area contributed by atoms with Gasteiger partial charge in [0.1, 0.15) is 5.75 Å². The van der Waals surface area contributed by atoms with Gasteiger partial charge in [0, 0.05) is 21.3 Å². The lowest BCUT2D eigenvalue weighted by Gasteiger charge is -2.02. The summed E-state index contributed by atoms with van der Waals surface area (Å²) in [5.74, 6) is 0.343. The van der Waals surface area contributed by atoms with Gasteiger partial charge in [0.15, 0.2) is 0 Å². The molecule has 0 fully saturated rings. The third kappa shape index (κ3) is 1.26. The first-order valence-electron chi connectivity index (χ1n) is 3.76. The van der Waals surface area contributed by atoms with Crippen LogP contribution in [0.25, 0.3) is 10.1 Å². The monoisotopic (exact) mass is 211 g/mol. The van der Waals surface area contributed by atoms with Crippen LogP contribution in [0, 0.1) is 0 Å². The molecule has 0 atom stereocenters. The Morgan fingerprint density at radius 1 is 1.46 bits per heavy atom. The van der Waals surface area contributed by atoms with Gasteiger partial charge in [-0.1, -0.05) is 0 Å². The van der Waals surface area contributed by atoms with Gasteiger partial charge in [-0.15, -0.1) is 23.1 Å². The lowest BCUT2D eigenvalue weighted by atomic mass is 10.2. The Morgan fingerprint density at radius 2 is 2.23 bits per heavy atom. The maximum absolute atomic E-state index is 9.48. The molecule has 0 aliphatic rings. The van der Waals surface area contributed by atoms with Crippen molar-refractivity contribution in [2.24, 2.45) is 0 Å². The van der Waals surface area contributed by atoms with Gasteiger partial charge in [-0.3, -0.25) is 0 Å². The van der Waals surface area contributed by atoms with E-state index < -0.39 is 0 Å². The van der Waals surface area contributed by atoms with Crippen LogP contribution in [0.5, 0.6) is 5.75 Å². The topological polar surface area (TPSA) is 46.2 Å². The van der Waals surface area contributed by atoms with Gasteiger partial charge in [-0.2, -0.15) is 0 Å². The second kappa shape index (κ2) is 3.12. The number of fused-ring (bicyclic) bond motifs is 1. The molecule has 0 bridgehead atoms. The van der Waals surface area contributed by atoms with Crippen LogP contribution < -0.4 is 5.73 Å². The van der Waals surface area contributed by atoms with Gasteiger partial charge in [0.2, 0.25) is 0 Å². The molecule has 2 aromatic rings. The van der Waals surface area contributed by atoms with E-state index in [1.54, 1.807) is 17.1 Å². The molecule has 2 nitrogen and oxygen atoms in total. The highest BCUT2D eigenvalue weighted by Gasteiger charge is 2.08. The number of thiophene rings is 1. The molecule has 0 aliphatic carbocycles. The van der Waals surface area contributed by atoms with E-state index in [0.29, 0.717) is 5.75 Å². The zero-order valence-corrected chi connectivity index (χ0v) is 8.71. The summed E-state index contributed by atoms with van der Waals surface area (Å²) in [6.45, 7) is 0. The number of hydrogen-bond acceptors (Lipinski definition) is 4. The average molecular weight is 211 g/mol. The Morgan fingerprint density at radius 3 is 2.92 bits per heavy atom. The van der Waals surface area contributed by atoms with E-state index in [2.05, 4.69) is 0 Å². The maximum Gasteiger partial charge on any atom is 0.134 e. The highest BCUT2D eigenvalue weighted by molar-refractivity contribution is 7.99. The Kier molecular flexibility index (Phi) is 2.09. The van der Waals surface area contributed by atoms with Gasteiger partial charge >= 0.3 is 0 Å². The summed E-state index contributed by atoms with van der Waals surface area (Å²) in [4.78, 5) is 1.06. The van der Waals surface area contributed by atoms with E-state index in [9.17, 15) is 5.11 Å². The number of nitrogens with two attached hydrogens (primary N) is 1. The number of thioether (sulfide) groups is 1. The number of benzene rings is 1. The van der Waals surface area contributed by atoms with Crippen molar-refractivity contribution in [3.8, 4) is 5.75 Å². The molecule has 1 aromatic carbocycles. The fourth-order valence-corrected chi connectivity index (χ4v) is 3.16. The predicted octanol–water partition coefficient (Wildman–Crippen LogP) is 2.91. The van der Waals surface area contributed by atoms with Crippen LogP contribution in [-0.2, 0) is 0 Å². The Hall–Kier alpha value is -0.870. The molecular weight excluding hydrogens is 202 g/mol. The summed E-state index contributed by atoms with van der Waals surface area (Å²) in [6, 6.07) is 3.69. The largest absolute Gasteiger partial charge is 0.506 e. The van der Waals surface area contributed by atoms with Gasteiger partial charge < -0.3 is 10.8 Å². The van der Waals surface area contributed by atoms with Gasteiger partial charge in [0.25, 0.3) is 0 Å². The summed E-state index contributed by atoms with van der Waals surface area (Å²) in [5.41, 5.74) is 6.59. The normalized spacial score (nSPS) is 10.8. The summed E-state index contributed by atoms with van der Waals surface area (Å²) >= 11 is 3.14. The summed E-state index contributed by atoms with van der Waals surface area (Å²) in [5, 5.41) is 12.1. The quantitative estimate of drug-likeness (QED) is 0.563. The Labute approximate surface area is 84.4 Å². The van der Waals surface area contributed by atoms with E-state index in [0.717, 1.165) is 20.7 Å². The molecule has 0 saturated carbocycles. The minimum Gasteiger partial charge on any atom is -0.506 e. The van der Waals surface area contributed by atoms with Crippen molar-refractivity contribution in [2.75, 3.05) is 12.0 Å². The van der Waals surface area contributed by atoms with Crippen molar-refractivity contribution < 1.29 is 5.11 Å². The molecule has 68 valence electrons. The van der Waals surface area contributed by atoms with Crippen molar-refractivity contribution in [3.05, 3.63) is 17.5 Å². The van der Waals surface area contributed by atoms with Crippen LogP contribution in [0.2, 0.25) is 0 Å². The molecule has 0 radical (unpaired) electrons. The van der Waals surface area contributed by atoms with Crippen molar-refractivity contribution in [1.82, 2.24) is 0 Å². The van der Waals surface area contributed by atoms with Crippen LogP contribution in [0.15, 0.2) is 22.4 Å². The van der Waals surface area contributed by atoms with Gasteiger partial charge in [-0.05, 0) is 18.4 Å². The van der Waals surface area contributed by atoms with E-state index in [-0.39, 0.29) is 0 Å². The standard InChI is InChI=1S/C9H9NOS2/c1-12-9-6(10)3-2-5-7(11)4-13-8(5)9/h2-4,11H,10H2,1H3. The zero-order chi connectivity index (χ0) is 9.42. The molecule has 1 aromatic heterocycles. The molecule has 2 rings (SSSR count). The second-order valence-electron chi connectivity index (χ2n) is 2.69.